The Hall–Kier alpha value is -1.92. The number of hydrogen-bond acceptors (Lipinski definition) is 5. The van der Waals surface area contributed by atoms with Crippen molar-refractivity contribution in [3.8, 4) is 0 Å². The lowest BCUT2D eigenvalue weighted by Gasteiger charge is -2.22. The van der Waals surface area contributed by atoms with E-state index in [0.29, 0.717) is 25.9 Å². The average molecular weight is 999 g/mol. The summed E-state index contributed by atoms with van der Waals surface area (Å²) in [5.41, 5.74) is 0. The largest absolute Gasteiger partial charge is 0.466 e. The van der Waals surface area contributed by atoms with Gasteiger partial charge in [-0.05, 0) is 83.5 Å². The van der Waals surface area contributed by atoms with Crippen LogP contribution in [-0.2, 0) is 14.3 Å². The first-order valence-electron chi connectivity index (χ1n) is 31.7. The summed E-state index contributed by atoms with van der Waals surface area (Å²) in [7, 11) is 0. The number of aliphatic hydroxyl groups is 2. The molecule has 1 amide bonds. The Labute approximate surface area is 443 Å². The van der Waals surface area contributed by atoms with Crippen LogP contribution in [0.2, 0.25) is 0 Å². The molecule has 418 valence electrons. The predicted octanol–water partition coefficient (Wildman–Crippen LogP) is 20.0. The molecule has 0 radical (unpaired) electrons. The molecular formula is C65H123NO5. The fourth-order valence-electron chi connectivity index (χ4n) is 9.78. The van der Waals surface area contributed by atoms with Crippen molar-refractivity contribution in [1.29, 1.82) is 0 Å². The third kappa shape index (κ3) is 57.2. The minimum atomic E-state index is -0.674. The van der Waals surface area contributed by atoms with Crippen molar-refractivity contribution in [3.05, 3.63) is 36.5 Å². The van der Waals surface area contributed by atoms with E-state index in [1.165, 1.54) is 244 Å². The van der Waals surface area contributed by atoms with Crippen molar-refractivity contribution in [2.45, 2.75) is 353 Å². The molecule has 2 unspecified atom stereocenters. The number of carbonyl (C=O) groups is 2. The van der Waals surface area contributed by atoms with Crippen molar-refractivity contribution in [2.24, 2.45) is 0 Å². The number of carbonyl (C=O) groups excluding carboxylic acids is 2. The van der Waals surface area contributed by atoms with Gasteiger partial charge in [0.25, 0.3) is 0 Å². The van der Waals surface area contributed by atoms with Crippen molar-refractivity contribution in [2.75, 3.05) is 13.2 Å². The molecule has 71 heavy (non-hydrogen) atoms. The van der Waals surface area contributed by atoms with Crippen LogP contribution < -0.4 is 5.32 Å². The van der Waals surface area contributed by atoms with Gasteiger partial charge in [-0.2, -0.15) is 0 Å². The maximum absolute atomic E-state index is 12.5. The number of nitrogens with one attached hydrogen (secondary N) is 1. The number of amides is 1. The number of ether oxygens (including phenoxy) is 1. The summed E-state index contributed by atoms with van der Waals surface area (Å²) < 4.78 is 5.48. The molecule has 0 heterocycles. The Morgan fingerprint density at radius 2 is 0.704 bits per heavy atom. The van der Waals surface area contributed by atoms with Crippen molar-refractivity contribution in [1.82, 2.24) is 5.32 Å². The molecular weight excluding hydrogens is 875 g/mol. The highest BCUT2D eigenvalue weighted by Crippen LogP contribution is 2.18. The molecule has 0 rings (SSSR count). The minimum Gasteiger partial charge on any atom is -0.466 e. The monoisotopic (exact) mass is 998 g/mol. The molecule has 0 aromatic carbocycles. The third-order valence-electron chi connectivity index (χ3n) is 14.7. The summed E-state index contributed by atoms with van der Waals surface area (Å²) >= 11 is 0. The Morgan fingerprint density at radius 3 is 1.11 bits per heavy atom. The molecule has 0 aliphatic rings. The van der Waals surface area contributed by atoms with E-state index in [9.17, 15) is 19.8 Å². The van der Waals surface area contributed by atoms with Gasteiger partial charge in [0, 0.05) is 12.8 Å². The van der Waals surface area contributed by atoms with Crippen molar-refractivity contribution < 1.29 is 24.5 Å². The fourth-order valence-corrected chi connectivity index (χ4v) is 9.78. The summed E-state index contributed by atoms with van der Waals surface area (Å²) in [6.45, 7) is 4.92. The van der Waals surface area contributed by atoms with Crippen LogP contribution in [0.1, 0.15) is 341 Å². The normalized spacial score (nSPS) is 12.8. The molecule has 0 spiro atoms. The molecule has 0 saturated heterocycles. The number of rotatable bonds is 59. The molecule has 0 aromatic rings. The van der Waals surface area contributed by atoms with Crippen LogP contribution in [0, 0.1) is 0 Å². The molecule has 0 aliphatic heterocycles. The van der Waals surface area contributed by atoms with Crippen LogP contribution in [0.5, 0.6) is 0 Å². The van der Waals surface area contributed by atoms with E-state index in [2.05, 4.69) is 55.6 Å². The summed E-state index contributed by atoms with van der Waals surface area (Å²) in [4.78, 5) is 24.6. The van der Waals surface area contributed by atoms with Gasteiger partial charge in [-0.25, -0.2) is 0 Å². The van der Waals surface area contributed by atoms with E-state index in [1.807, 2.05) is 0 Å². The molecule has 0 fully saturated rings. The highest BCUT2D eigenvalue weighted by atomic mass is 16.5. The zero-order valence-electron chi connectivity index (χ0n) is 47.7. The van der Waals surface area contributed by atoms with E-state index in [4.69, 9.17) is 4.74 Å². The summed E-state index contributed by atoms with van der Waals surface area (Å²) in [5, 5.41) is 23.4. The van der Waals surface area contributed by atoms with E-state index >= 15 is 0 Å². The van der Waals surface area contributed by atoms with Gasteiger partial charge in [0.2, 0.25) is 5.91 Å². The van der Waals surface area contributed by atoms with Crippen LogP contribution >= 0.6 is 0 Å². The van der Waals surface area contributed by atoms with Crippen LogP contribution in [0.4, 0.5) is 0 Å². The maximum atomic E-state index is 12.5. The average Bonchev–Trinajstić information content (AvgIpc) is 3.37. The lowest BCUT2D eigenvalue weighted by atomic mass is 10.0. The van der Waals surface area contributed by atoms with Crippen LogP contribution in [-0.4, -0.2) is 47.4 Å². The van der Waals surface area contributed by atoms with Gasteiger partial charge in [0.1, 0.15) is 0 Å². The predicted molar refractivity (Wildman–Crippen MR) is 310 cm³/mol. The SMILES string of the molecule is CCCCC/C=C\C/C=C\CCCCCCCCCC(=O)OCCCCCCCC/C=C\CCCCCCCCCC(=O)NC(CO)C(O)CCCCCCCCCCCCCCCCCCCCCC. The lowest BCUT2D eigenvalue weighted by Crippen LogP contribution is -2.45. The van der Waals surface area contributed by atoms with E-state index in [-0.39, 0.29) is 18.5 Å². The molecule has 0 aliphatic carbocycles. The number of unbranched alkanes of at least 4 members (excludes halogenated alkanes) is 42. The van der Waals surface area contributed by atoms with E-state index < -0.39 is 12.1 Å². The summed E-state index contributed by atoms with van der Waals surface area (Å²) in [6.07, 6.45) is 75.8. The maximum Gasteiger partial charge on any atom is 0.305 e. The van der Waals surface area contributed by atoms with Crippen molar-refractivity contribution in [3.63, 3.8) is 0 Å². The molecule has 6 heteroatoms. The van der Waals surface area contributed by atoms with Crippen LogP contribution in [0.15, 0.2) is 36.5 Å². The van der Waals surface area contributed by atoms with Gasteiger partial charge >= 0.3 is 5.97 Å². The number of aliphatic hydroxyl groups excluding tert-OH is 2. The van der Waals surface area contributed by atoms with E-state index in [1.54, 1.807) is 0 Å². The first-order valence-corrected chi connectivity index (χ1v) is 31.7. The first kappa shape index (κ1) is 69.1. The van der Waals surface area contributed by atoms with Gasteiger partial charge in [0.05, 0.1) is 25.4 Å². The smallest absolute Gasteiger partial charge is 0.305 e. The second kappa shape index (κ2) is 60.6. The number of hydrogen-bond donors (Lipinski definition) is 3. The van der Waals surface area contributed by atoms with Crippen LogP contribution in [0.3, 0.4) is 0 Å². The number of allylic oxidation sites excluding steroid dienone is 6. The van der Waals surface area contributed by atoms with Gasteiger partial charge in [0.15, 0.2) is 0 Å². The summed E-state index contributed by atoms with van der Waals surface area (Å²) in [6, 6.07) is -0.552. The van der Waals surface area contributed by atoms with Gasteiger partial charge in [-0.3, -0.25) is 9.59 Å². The summed E-state index contributed by atoms with van der Waals surface area (Å²) in [5.74, 6) is -0.0538. The zero-order valence-corrected chi connectivity index (χ0v) is 47.7. The number of esters is 1. The highest BCUT2D eigenvalue weighted by Gasteiger charge is 2.20. The minimum absolute atomic E-state index is 0.00910. The second-order valence-corrected chi connectivity index (χ2v) is 21.7. The van der Waals surface area contributed by atoms with Gasteiger partial charge in [-0.1, -0.05) is 281 Å². The van der Waals surface area contributed by atoms with E-state index in [0.717, 1.165) is 64.2 Å². The Bertz CT molecular complexity index is 1150. The molecule has 2 atom stereocenters. The molecule has 0 aromatic heterocycles. The van der Waals surface area contributed by atoms with Crippen molar-refractivity contribution >= 4 is 11.9 Å². The third-order valence-corrected chi connectivity index (χ3v) is 14.7. The topological polar surface area (TPSA) is 95.9 Å². The quantitative estimate of drug-likeness (QED) is 0.0321. The van der Waals surface area contributed by atoms with Gasteiger partial charge in [-0.15, -0.1) is 0 Å². The fraction of sp³-hybridized carbons (Fsp3) is 0.877. The van der Waals surface area contributed by atoms with Crippen LogP contribution in [0.25, 0.3) is 0 Å². The lowest BCUT2D eigenvalue weighted by molar-refractivity contribution is -0.143. The Morgan fingerprint density at radius 1 is 0.394 bits per heavy atom. The molecule has 0 bridgehead atoms. The molecule has 3 N–H and O–H groups in total. The Kier molecular flexibility index (Phi) is 59.0. The first-order chi connectivity index (χ1) is 35.0. The highest BCUT2D eigenvalue weighted by molar-refractivity contribution is 5.76. The van der Waals surface area contributed by atoms with Gasteiger partial charge < -0.3 is 20.3 Å². The molecule has 0 saturated carbocycles. The second-order valence-electron chi connectivity index (χ2n) is 21.7. The Balaban J connectivity index is 3.45. The molecule has 6 nitrogen and oxygen atoms in total. The standard InChI is InChI=1S/C65H123NO5/c1-3-5-7-9-11-13-15-17-19-21-22-23-26-29-33-37-41-45-49-53-57-63(68)62(61-67)66-64(69)58-54-50-46-42-38-34-30-27-24-28-32-36-40-44-48-52-56-60-71-65(70)59-55-51-47-43-39-35-31-25-20-18-16-14-12-10-8-6-4-2/h12,14,18,20,24,28,62-63,67-68H,3-11,13,15-17,19,21-23,25-27,29-61H2,1-2H3,(H,66,69)/b14-12-,20-18-,28-24-. The zero-order chi connectivity index (χ0) is 51.4.